The molecule has 1 aliphatic rings. The molecule has 1 heterocycles. The Balaban J connectivity index is 2.21. The lowest BCUT2D eigenvalue weighted by Gasteiger charge is -2.31. The molecule has 0 aromatic heterocycles. The molecule has 1 aliphatic heterocycles. The van der Waals surface area contributed by atoms with Crippen LogP contribution in [-0.2, 0) is 0 Å². The van der Waals surface area contributed by atoms with Crippen LogP contribution in [0.5, 0.6) is 0 Å². The van der Waals surface area contributed by atoms with E-state index in [1.807, 2.05) is 6.92 Å². The lowest BCUT2D eigenvalue weighted by Crippen LogP contribution is -2.36. The van der Waals surface area contributed by atoms with E-state index in [2.05, 4.69) is 17.1 Å². The quantitative estimate of drug-likeness (QED) is 0.669. The van der Waals surface area contributed by atoms with Crippen LogP contribution in [0.25, 0.3) is 0 Å². The lowest BCUT2D eigenvalue weighted by molar-refractivity contribution is -0.384. The van der Waals surface area contributed by atoms with Crippen LogP contribution < -0.4 is 10.2 Å². The van der Waals surface area contributed by atoms with Crippen molar-refractivity contribution in [2.75, 3.05) is 31.1 Å². The number of hydrogen-bond donors (Lipinski definition) is 1. The summed E-state index contributed by atoms with van der Waals surface area (Å²) in [4.78, 5) is 12.8. The number of hydrogen-bond acceptors (Lipinski definition) is 4. The highest BCUT2D eigenvalue weighted by molar-refractivity contribution is 6.33. The van der Waals surface area contributed by atoms with Gasteiger partial charge < -0.3 is 10.2 Å². The smallest absolute Gasteiger partial charge is 0.288 e. The standard InChI is InChI=1S/C15H22ClN3O2/c1-3-18(10-12-4-6-17-7-5-12)14-9-13(16)15(19(20)21)8-11(14)2/h8-9,12,17H,3-7,10H2,1-2H3. The molecule has 21 heavy (non-hydrogen) atoms. The molecule has 0 bridgehead atoms. The summed E-state index contributed by atoms with van der Waals surface area (Å²) in [6.45, 7) is 8.01. The van der Waals surface area contributed by atoms with Crippen LogP contribution >= 0.6 is 11.6 Å². The third-order valence-electron chi connectivity index (χ3n) is 4.12. The van der Waals surface area contributed by atoms with Gasteiger partial charge in [-0.25, -0.2) is 0 Å². The summed E-state index contributed by atoms with van der Waals surface area (Å²) in [5.41, 5.74) is 1.89. The Morgan fingerprint density at radius 1 is 1.43 bits per heavy atom. The molecule has 6 heteroatoms. The Morgan fingerprint density at radius 2 is 2.10 bits per heavy atom. The van der Waals surface area contributed by atoms with Gasteiger partial charge in [0.2, 0.25) is 0 Å². The van der Waals surface area contributed by atoms with E-state index >= 15 is 0 Å². The van der Waals surface area contributed by atoms with Crippen molar-refractivity contribution < 1.29 is 4.92 Å². The fourth-order valence-corrected chi connectivity index (χ4v) is 3.14. The molecule has 0 atom stereocenters. The highest BCUT2D eigenvalue weighted by atomic mass is 35.5. The van der Waals surface area contributed by atoms with Gasteiger partial charge in [0.25, 0.3) is 5.69 Å². The van der Waals surface area contributed by atoms with Crippen molar-refractivity contribution in [2.45, 2.75) is 26.7 Å². The van der Waals surface area contributed by atoms with E-state index in [4.69, 9.17) is 11.6 Å². The number of aryl methyl sites for hydroxylation is 1. The van der Waals surface area contributed by atoms with Crippen LogP contribution in [-0.4, -0.2) is 31.1 Å². The van der Waals surface area contributed by atoms with E-state index in [1.54, 1.807) is 12.1 Å². The second kappa shape index (κ2) is 7.09. The van der Waals surface area contributed by atoms with E-state index in [9.17, 15) is 10.1 Å². The minimum absolute atomic E-state index is 0.0177. The maximum absolute atomic E-state index is 10.9. The number of nitrogens with one attached hydrogen (secondary N) is 1. The SMILES string of the molecule is CCN(CC1CCNCC1)c1cc(Cl)c([N+](=O)[O-])cc1C. The van der Waals surface area contributed by atoms with Crippen molar-refractivity contribution in [3.63, 3.8) is 0 Å². The molecule has 116 valence electrons. The molecule has 5 nitrogen and oxygen atoms in total. The Morgan fingerprint density at radius 3 is 2.67 bits per heavy atom. The summed E-state index contributed by atoms with van der Waals surface area (Å²) in [5.74, 6) is 0.666. The largest absolute Gasteiger partial charge is 0.371 e. The minimum atomic E-state index is -0.428. The van der Waals surface area contributed by atoms with Crippen LogP contribution in [0, 0.1) is 23.0 Å². The van der Waals surface area contributed by atoms with Crippen molar-refractivity contribution in [1.29, 1.82) is 0 Å². The first-order chi connectivity index (χ1) is 10.0. The second-order valence-corrected chi connectivity index (χ2v) is 5.99. The number of benzene rings is 1. The van der Waals surface area contributed by atoms with Gasteiger partial charge in [-0.1, -0.05) is 11.6 Å². The number of rotatable bonds is 5. The lowest BCUT2D eigenvalue weighted by atomic mass is 9.97. The van der Waals surface area contributed by atoms with Crippen LogP contribution in [0.1, 0.15) is 25.3 Å². The van der Waals surface area contributed by atoms with Gasteiger partial charge in [-0.2, -0.15) is 0 Å². The van der Waals surface area contributed by atoms with Gasteiger partial charge >= 0.3 is 0 Å². The maximum atomic E-state index is 10.9. The molecule has 1 aromatic carbocycles. The van der Waals surface area contributed by atoms with Crippen molar-refractivity contribution in [3.05, 3.63) is 32.8 Å². The van der Waals surface area contributed by atoms with E-state index in [-0.39, 0.29) is 10.7 Å². The Hall–Kier alpha value is -1.33. The number of nitro benzene ring substituents is 1. The number of halogens is 1. The van der Waals surface area contributed by atoms with Crippen LogP contribution in [0.3, 0.4) is 0 Å². The third-order valence-corrected chi connectivity index (χ3v) is 4.42. The first-order valence-electron chi connectivity index (χ1n) is 7.43. The highest BCUT2D eigenvalue weighted by Crippen LogP contribution is 2.33. The fourth-order valence-electron chi connectivity index (χ4n) is 2.91. The molecule has 0 radical (unpaired) electrons. The van der Waals surface area contributed by atoms with Gasteiger partial charge in [0.15, 0.2) is 0 Å². The Bertz CT molecular complexity index is 516. The molecule has 0 spiro atoms. The summed E-state index contributed by atoms with van der Waals surface area (Å²) < 4.78 is 0. The van der Waals surface area contributed by atoms with Gasteiger partial charge in [-0.15, -0.1) is 0 Å². The van der Waals surface area contributed by atoms with Gasteiger partial charge in [0, 0.05) is 24.8 Å². The molecule has 1 saturated heterocycles. The first-order valence-corrected chi connectivity index (χ1v) is 7.81. The predicted molar refractivity (Wildman–Crippen MR) is 86.3 cm³/mol. The first kappa shape index (κ1) is 16.0. The molecular weight excluding hydrogens is 290 g/mol. The molecule has 1 N–H and O–H groups in total. The summed E-state index contributed by atoms with van der Waals surface area (Å²) in [7, 11) is 0. The summed E-state index contributed by atoms with van der Waals surface area (Å²) in [5, 5.41) is 14.5. The molecule has 2 rings (SSSR count). The third kappa shape index (κ3) is 3.86. The average Bonchev–Trinajstić information content (AvgIpc) is 2.47. The van der Waals surface area contributed by atoms with E-state index in [0.29, 0.717) is 5.92 Å². The van der Waals surface area contributed by atoms with Gasteiger partial charge in [0.05, 0.1) is 4.92 Å². The average molecular weight is 312 g/mol. The molecular formula is C15H22ClN3O2. The molecule has 0 aliphatic carbocycles. The van der Waals surface area contributed by atoms with Crippen molar-refractivity contribution in [2.24, 2.45) is 5.92 Å². The number of nitro groups is 1. The van der Waals surface area contributed by atoms with E-state index < -0.39 is 4.92 Å². The second-order valence-electron chi connectivity index (χ2n) is 5.58. The van der Waals surface area contributed by atoms with Crippen molar-refractivity contribution in [1.82, 2.24) is 5.32 Å². The molecule has 0 unspecified atom stereocenters. The van der Waals surface area contributed by atoms with E-state index in [1.165, 1.54) is 12.8 Å². The minimum Gasteiger partial charge on any atom is -0.371 e. The van der Waals surface area contributed by atoms with Gasteiger partial charge in [0.1, 0.15) is 5.02 Å². The summed E-state index contributed by atoms with van der Waals surface area (Å²) >= 11 is 6.06. The van der Waals surface area contributed by atoms with Crippen LogP contribution in [0.2, 0.25) is 5.02 Å². The molecule has 0 amide bonds. The molecule has 1 fully saturated rings. The monoisotopic (exact) mass is 311 g/mol. The zero-order valence-corrected chi connectivity index (χ0v) is 13.3. The number of anilines is 1. The molecule has 0 saturated carbocycles. The van der Waals surface area contributed by atoms with Gasteiger partial charge in [-0.3, -0.25) is 10.1 Å². The van der Waals surface area contributed by atoms with Crippen LogP contribution in [0.15, 0.2) is 12.1 Å². The molecule has 1 aromatic rings. The van der Waals surface area contributed by atoms with Crippen molar-refractivity contribution in [3.8, 4) is 0 Å². The summed E-state index contributed by atoms with van der Waals surface area (Å²) in [6.07, 6.45) is 2.35. The maximum Gasteiger partial charge on any atom is 0.288 e. The zero-order chi connectivity index (χ0) is 15.4. The topological polar surface area (TPSA) is 58.4 Å². The summed E-state index contributed by atoms with van der Waals surface area (Å²) in [6, 6.07) is 3.31. The van der Waals surface area contributed by atoms with Crippen LogP contribution in [0.4, 0.5) is 11.4 Å². The highest BCUT2D eigenvalue weighted by Gasteiger charge is 2.21. The van der Waals surface area contributed by atoms with Crippen molar-refractivity contribution >= 4 is 23.0 Å². The zero-order valence-electron chi connectivity index (χ0n) is 12.6. The Kier molecular flexibility index (Phi) is 5.42. The van der Waals surface area contributed by atoms with E-state index in [0.717, 1.165) is 37.4 Å². The normalized spacial score (nSPS) is 16.0. The fraction of sp³-hybridized carbons (Fsp3) is 0.600. The predicted octanol–water partition coefficient (Wildman–Crippen LogP) is 3.38. The van der Waals surface area contributed by atoms with Gasteiger partial charge in [-0.05, 0) is 57.3 Å². The number of nitrogens with zero attached hydrogens (tertiary/aromatic N) is 2. The Labute approximate surface area is 130 Å². The number of piperidine rings is 1.